The maximum atomic E-state index is 9.04. The molecule has 6 heteroatoms. The first-order chi connectivity index (χ1) is 10.3. The van der Waals surface area contributed by atoms with Crippen molar-refractivity contribution in [2.24, 2.45) is 0 Å². The van der Waals surface area contributed by atoms with Crippen LogP contribution in [0.1, 0.15) is 34.5 Å². The molecule has 1 aromatic carbocycles. The van der Waals surface area contributed by atoms with Crippen LogP contribution in [0.3, 0.4) is 0 Å². The monoisotopic (exact) mass is 460 g/mol. The van der Waals surface area contributed by atoms with Gasteiger partial charge in [-0.25, -0.2) is 0 Å². The van der Waals surface area contributed by atoms with Gasteiger partial charge in [0, 0.05) is 65.4 Å². The van der Waals surface area contributed by atoms with E-state index in [1.165, 1.54) is 0 Å². The summed E-state index contributed by atoms with van der Waals surface area (Å²) in [6, 6.07) is 16.7. The third-order valence-corrected chi connectivity index (χ3v) is 3.25. The van der Waals surface area contributed by atoms with Crippen LogP contribution in [0.2, 0.25) is 0 Å². The molecule has 0 saturated heterocycles. The van der Waals surface area contributed by atoms with E-state index in [1.54, 1.807) is 24.3 Å². The minimum absolute atomic E-state index is 0. The summed E-state index contributed by atoms with van der Waals surface area (Å²) in [6.07, 6.45) is 0. The van der Waals surface area contributed by atoms with Gasteiger partial charge in [-0.3, -0.25) is 0 Å². The zero-order valence-corrected chi connectivity index (χ0v) is 18.0. The molecule has 2 heterocycles. The van der Waals surface area contributed by atoms with E-state index in [9.17, 15) is 0 Å². The zero-order chi connectivity index (χ0) is 14.7. The van der Waals surface area contributed by atoms with Gasteiger partial charge >= 0.3 is 0 Å². The summed E-state index contributed by atoms with van der Waals surface area (Å²) >= 11 is 0. The molecule has 0 aliphatic carbocycles. The van der Waals surface area contributed by atoms with E-state index >= 15 is 0 Å². The van der Waals surface area contributed by atoms with Gasteiger partial charge in [0.2, 0.25) is 0 Å². The number of aliphatic hydroxyl groups excluding tert-OH is 2. The van der Waals surface area contributed by atoms with Crippen molar-refractivity contribution in [3.63, 3.8) is 0 Å². The van der Waals surface area contributed by atoms with E-state index < -0.39 is 0 Å². The van der Waals surface area contributed by atoms with E-state index in [0.29, 0.717) is 23.0 Å². The molecule has 23 heavy (non-hydrogen) atoms. The van der Waals surface area contributed by atoms with E-state index in [4.69, 9.17) is 19.0 Å². The second-order valence-corrected chi connectivity index (χ2v) is 4.58. The molecule has 3 rings (SSSR count). The van der Waals surface area contributed by atoms with Crippen molar-refractivity contribution in [2.75, 3.05) is 0 Å². The summed E-state index contributed by atoms with van der Waals surface area (Å²) in [5.41, 5.74) is 0.996. The van der Waals surface area contributed by atoms with E-state index in [2.05, 4.69) is 0 Å². The molecule has 0 unspecified atom stereocenters. The van der Waals surface area contributed by atoms with Crippen LogP contribution in [0.4, 0.5) is 0 Å². The molecule has 0 aliphatic rings. The van der Waals surface area contributed by atoms with Crippen LogP contribution in [0, 0.1) is 13.2 Å². The SMILES string of the molecule is O[CH-]c1ccc(C(c2ccccc2)c2ccc([CH-]O)o2)o1.[Y].[Y]. The van der Waals surface area contributed by atoms with Crippen molar-refractivity contribution in [3.05, 3.63) is 96.4 Å². The van der Waals surface area contributed by atoms with E-state index in [0.717, 1.165) is 18.8 Å². The molecule has 0 atom stereocenters. The van der Waals surface area contributed by atoms with Gasteiger partial charge in [0.25, 0.3) is 0 Å². The van der Waals surface area contributed by atoms with Gasteiger partial charge in [0.1, 0.15) is 0 Å². The topological polar surface area (TPSA) is 66.7 Å². The number of hydrogen-bond acceptors (Lipinski definition) is 4. The largest absolute Gasteiger partial charge is 0.497 e. The first-order valence-electron chi connectivity index (χ1n) is 6.51. The maximum Gasteiger partial charge on any atom is 0.0971 e. The Morgan fingerprint density at radius 1 is 0.696 bits per heavy atom. The van der Waals surface area contributed by atoms with Crippen molar-refractivity contribution < 1.29 is 84.5 Å². The molecule has 0 fully saturated rings. The number of hydrogen-bond donors (Lipinski definition) is 2. The second-order valence-electron chi connectivity index (χ2n) is 4.58. The van der Waals surface area contributed by atoms with Crippen LogP contribution in [-0.4, -0.2) is 10.2 Å². The maximum absolute atomic E-state index is 9.04. The smallest absolute Gasteiger partial charge is 0.0971 e. The Balaban J connectivity index is 0.00000132. The van der Waals surface area contributed by atoms with Gasteiger partial charge < -0.3 is 19.0 Å². The van der Waals surface area contributed by atoms with E-state index in [1.807, 2.05) is 30.3 Å². The molecule has 0 bridgehead atoms. The normalized spacial score (nSPS) is 9.87. The van der Waals surface area contributed by atoms with Gasteiger partial charge in [0.15, 0.2) is 0 Å². The number of aliphatic hydroxyl groups is 2. The summed E-state index contributed by atoms with van der Waals surface area (Å²) in [5, 5.41) is 18.1. The zero-order valence-electron chi connectivity index (χ0n) is 12.3. The molecule has 2 aromatic heterocycles. The van der Waals surface area contributed by atoms with E-state index in [-0.39, 0.29) is 71.3 Å². The summed E-state index contributed by atoms with van der Waals surface area (Å²) in [6.45, 7) is 1.83. The van der Waals surface area contributed by atoms with Gasteiger partial charge in [0.05, 0.1) is 17.4 Å². The van der Waals surface area contributed by atoms with Crippen molar-refractivity contribution in [1.82, 2.24) is 0 Å². The fourth-order valence-electron chi connectivity index (χ4n) is 2.30. The Labute approximate surface area is 185 Å². The molecule has 0 aliphatic heterocycles. The number of benzene rings is 1. The fraction of sp³-hybridized carbons (Fsp3) is 0.0588. The van der Waals surface area contributed by atoms with Crippen LogP contribution >= 0.6 is 0 Å². The predicted molar refractivity (Wildman–Crippen MR) is 75.5 cm³/mol. The quantitative estimate of drug-likeness (QED) is 0.569. The van der Waals surface area contributed by atoms with Crippen LogP contribution in [0.15, 0.2) is 63.4 Å². The minimum Gasteiger partial charge on any atom is -0.497 e. The van der Waals surface area contributed by atoms with Crippen molar-refractivity contribution in [2.45, 2.75) is 5.92 Å². The number of rotatable bonds is 5. The molecular weight excluding hydrogens is 446 g/mol. The molecule has 0 amide bonds. The average molecular weight is 460 g/mol. The Morgan fingerprint density at radius 2 is 1.17 bits per heavy atom. The molecule has 3 aromatic rings. The van der Waals surface area contributed by atoms with Crippen molar-refractivity contribution in [1.29, 1.82) is 0 Å². The molecule has 0 saturated carbocycles. The Morgan fingerprint density at radius 3 is 1.57 bits per heavy atom. The van der Waals surface area contributed by atoms with Gasteiger partial charge in [-0.05, 0) is 17.1 Å². The fourth-order valence-corrected chi connectivity index (χ4v) is 2.30. The average Bonchev–Trinajstić information content (AvgIpc) is 3.18. The first-order valence-corrected chi connectivity index (χ1v) is 6.51. The summed E-state index contributed by atoms with van der Waals surface area (Å²) < 4.78 is 11.2. The minimum atomic E-state index is -0.242. The summed E-state index contributed by atoms with van der Waals surface area (Å²) in [5.74, 6) is 1.83. The van der Waals surface area contributed by atoms with Gasteiger partial charge in [-0.2, -0.15) is 12.1 Å². The van der Waals surface area contributed by atoms with Crippen LogP contribution < -0.4 is 0 Å². The Hall–Kier alpha value is -0.352. The van der Waals surface area contributed by atoms with Crippen LogP contribution in [0.5, 0.6) is 0 Å². The molecular formula is C17H14O4Y2-2. The van der Waals surface area contributed by atoms with Gasteiger partial charge in [-0.15, -0.1) is 12.1 Å². The third-order valence-electron chi connectivity index (χ3n) is 3.25. The molecule has 4 nitrogen and oxygen atoms in total. The third kappa shape index (κ3) is 4.82. The Bertz CT molecular complexity index is 664. The van der Waals surface area contributed by atoms with Crippen molar-refractivity contribution in [3.8, 4) is 0 Å². The number of furan rings is 2. The predicted octanol–water partition coefficient (Wildman–Crippen LogP) is 3.81. The standard InChI is InChI=1S/C17H14O4.2Y/c18-10-13-6-8-15(20-13)17(12-4-2-1-3-5-12)16-9-7-14(11-19)21-16;;/h1-11,17-19H;;/q-2;;. The summed E-state index contributed by atoms with van der Waals surface area (Å²) in [4.78, 5) is 0. The molecule has 114 valence electrons. The second kappa shape index (κ2) is 9.83. The Kier molecular flexibility index (Phi) is 8.84. The van der Waals surface area contributed by atoms with Crippen molar-refractivity contribution >= 4 is 0 Å². The molecule has 2 N–H and O–H groups in total. The van der Waals surface area contributed by atoms with Crippen LogP contribution in [0.25, 0.3) is 0 Å². The summed E-state index contributed by atoms with van der Waals surface area (Å²) in [7, 11) is 0. The molecule has 2 radical (unpaired) electrons. The first kappa shape index (κ1) is 20.7. The molecule has 0 spiro atoms. The van der Waals surface area contributed by atoms with Gasteiger partial charge in [-0.1, -0.05) is 43.5 Å². The van der Waals surface area contributed by atoms with Crippen LogP contribution in [-0.2, 0) is 65.4 Å².